The van der Waals surface area contributed by atoms with Gasteiger partial charge >= 0.3 is 0 Å². The first-order chi connectivity index (χ1) is 7.44. The molecule has 0 saturated carbocycles. The molecule has 16 heavy (non-hydrogen) atoms. The Kier molecular flexibility index (Phi) is 4.78. The zero-order valence-corrected chi connectivity index (χ0v) is 12.4. The SMILES string of the molecule is CCCC(C)(C)C1CCN(C)C(=S)C1CC. The van der Waals surface area contributed by atoms with Gasteiger partial charge in [-0.3, -0.25) is 0 Å². The molecular weight excluding hydrogens is 214 g/mol. The van der Waals surface area contributed by atoms with Gasteiger partial charge in [-0.05, 0) is 30.6 Å². The summed E-state index contributed by atoms with van der Waals surface area (Å²) in [7, 11) is 2.15. The number of hydrogen-bond donors (Lipinski definition) is 0. The van der Waals surface area contributed by atoms with Crippen molar-refractivity contribution in [3.8, 4) is 0 Å². The second-order valence-electron chi connectivity index (χ2n) is 5.91. The molecule has 0 spiro atoms. The number of piperidine rings is 1. The van der Waals surface area contributed by atoms with E-state index >= 15 is 0 Å². The summed E-state index contributed by atoms with van der Waals surface area (Å²) in [4.78, 5) is 3.48. The van der Waals surface area contributed by atoms with E-state index in [2.05, 4.69) is 39.6 Å². The van der Waals surface area contributed by atoms with Gasteiger partial charge in [0, 0.05) is 19.5 Å². The van der Waals surface area contributed by atoms with E-state index in [1.807, 2.05) is 0 Å². The van der Waals surface area contributed by atoms with E-state index in [0.717, 1.165) is 12.5 Å². The van der Waals surface area contributed by atoms with Crippen LogP contribution in [-0.2, 0) is 0 Å². The van der Waals surface area contributed by atoms with Crippen molar-refractivity contribution in [3.05, 3.63) is 0 Å². The third-order valence-electron chi connectivity index (χ3n) is 4.29. The molecule has 2 unspecified atom stereocenters. The molecule has 94 valence electrons. The lowest BCUT2D eigenvalue weighted by Gasteiger charge is -2.46. The molecule has 1 nitrogen and oxygen atoms in total. The zero-order valence-electron chi connectivity index (χ0n) is 11.5. The molecule has 2 atom stereocenters. The highest BCUT2D eigenvalue weighted by Crippen LogP contribution is 2.43. The van der Waals surface area contributed by atoms with Gasteiger partial charge in [0.15, 0.2) is 0 Å². The average Bonchev–Trinajstić information content (AvgIpc) is 2.21. The first-order valence-electron chi connectivity index (χ1n) is 6.69. The fourth-order valence-electron chi connectivity index (χ4n) is 3.32. The molecule has 1 saturated heterocycles. The highest BCUT2D eigenvalue weighted by Gasteiger charge is 2.39. The molecule has 0 amide bonds. The highest BCUT2D eigenvalue weighted by atomic mass is 32.1. The first kappa shape index (κ1) is 14.0. The minimum Gasteiger partial charge on any atom is -0.369 e. The third-order valence-corrected chi connectivity index (χ3v) is 4.91. The Bertz CT molecular complexity index is 247. The minimum atomic E-state index is 0.445. The van der Waals surface area contributed by atoms with E-state index in [1.54, 1.807) is 0 Å². The van der Waals surface area contributed by atoms with Crippen molar-refractivity contribution < 1.29 is 0 Å². The van der Waals surface area contributed by atoms with Crippen LogP contribution in [0.25, 0.3) is 0 Å². The van der Waals surface area contributed by atoms with Crippen LogP contribution in [0.1, 0.15) is 53.4 Å². The van der Waals surface area contributed by atoms with E-state index in [1.165, 1.54) is 30.7 Å². The van der Waals surface area contributed by atoms with Crippen LogP contribution < -0.4 is 0 Å². The summed E-state index contributed by atoms with van der Waals surface area (Å²) in [6, 6.07) is 0. The van der Waals surface area contributed by atoms with Gasteiger partial charge in [-0.25, -0.2) is 0 Å². The van der Waals surface area contributed by atoms with Gasteiger partial charge in [0.2, 0.25) is 0 Å². The summed E-state index contributed by atoms with van der Waals surface area (Å²) in [5, 5.41) is 0. The molecule has 0 aromatic heterocycles. The number of hydrogen-bond acceptors (Lipinski definition) is 1. The topological polar surface area (TPSA) is 3.24 Å². The number of thiocarbonyl (C=S) groups is 1. The molecule has 0 N–H and O–H groups in total. The van der Waals surface area contributed by atoms with Crippen LogP contribution >= 0.6 is 12.2 Å². The average molecular weight is 241 g/mol. The quantitative estimate of drug-likeness (QED) is 0.681. The van der Waals surface area contributed by atoms with Crippen molar-refractivity contribution in [3.63, 3.8) is 0 Å². The largest absolute Gasteiger partial charge is 0.369 e. The molecule has 0 aromatic carbocycles. The Morgan fingerprint density at radius 2 is 2.00 bits per heavy atom. The number of nitrogens with zero attached hydrogens (tertiary/aromatic N) is 1. The highest BCUT2D eigenvalue weighted by molar-refractivity contribution is 7.80. The Morgan fingerprint density at radius 3 is 2.50 bits per heavy atom. The van der Waals surface area contributed by atoms with Crippen molar-refractivity contribution in [2.24, 2.45) is 17.3 Å². The molecule has 1 fully saturated rings. The second-order valence-corrected chi connectivity index (χ2v) is 6.33. The summed E-state index contributed by atoms with van der Waals surface area (Å²) in [5.41, 5.74) is 0.445. The van der Waals surface area contributed by atoms with E-state index in [-0.39, 0.29) is 0 Å². The molecule has 1 heterocycles. The summed E-state index contributed by atoms with van der Waals surface area (Å²) < 4.78 is 0. The number of rotatable bonds is 4. The monoisotopic (exact) mass is 241 g/mol. The van der Waals surface area contributed by atoms with Gasteiger partial charge in [0.1, 0.15) is 0 Å². The molecule has 1 rings (SSSR count). The Balaban J connectivity index is 2.83. The lowest BCUT2D eigenvalue weighted by atomic mass is 9.66. The zero-order chi connectivity index (χ0) is 12.3. The summed E-state index contributed by atoms with van der Waals surface area (Å²) >= 11 is 5.60. The van der Waals surface area contributed by atoms with E-state index in [4.69, 9.17) is 12.2 Å². The van der Waals surface area contributed by atoms with E-state index in [0.29, 0.717) is 11.3 Å². The summed E-state index contributed by atoms with van der Waals surface area (Å²) in [6.45, 7) is 10.6. The Hall–Kier alpha value is -0.110. The number of likely N-dealkylation sites (tertiary alicyclic amines) is 1. The third kappa shape index (κ3) is 2.77. The molecule has 0 radical (unpaired) electrons. The van der Waals surface area contributed by atoms with Crippen LogP contribution in [0.5, 0.6) is 0 Å². The second kappa shape index (κ2) is 5.48. The fourth-order valence-corrected chi connectivity index (χ4v) is 3.75. The summed E-state index contributed by atoms with van der Waals surface area (Å²) in [5.74, 6) is 1.40. The minimum absolute atomic E-state index is 0.445. The van der Waals surface area contributed by atoms with Gasteiger partial charge in [0.05, 0.1) is 4.99 Å². The van der Waals surface area contributed by atoms with Gasteiger partial charge in [-0.2, -0.15) is 0 Å². The molecule has 1 aliphatic rings. The standard InChI is InChI=1S/C14H27NS/c1-6-9-14(3,4)12-8-10-15(5)13(16)11(12)7-2/h11-12H,6-10H2,1-5H3. The van der Waals surface area contributed by atoms with Crippen LogP contribution in [0.2, 0.25) is 0 Å². The summed E-state index contributed by atoms with van der Waals surface area (Å²) in [6.07, 6.45) is 5.10. The normalized spacial score (nSPS) is 27.3. The predicted octanol–water partition coefficient (Wildman–Crippen LogP) is 4.12. The van der Waals surface area contributed by atoms with Crippen LogP contribution in [0.4, 0.5) is 0 Å². The van der Waals surface area contributed by atoms with Crippen molar-refractivity contribution in [1.29, 1.82) is 0 Å². The fraction of sp³-hybridized carbons (Fsp3) is 0.929. The van der Waals surface area contributed by atoms with Crippen LogP contribution in [0.3, 0.4) is 0 Å². The molecular formula is C14H27NS. The Labute approximate surface area is 107 Å². The predicted molar refractivity (Wildman–Crippen MR) is 75.8 cm³/mol. The van der Waals surface area contributed by atoms with Gasteiger partial charge in [-0.1, -0.05) is 46.3 Å². The van der Waals surface area contributed by atoms with Crippen molar-refractivity contribution >= 4 is 17.2 Å². The lowest BCUT2D eigenvalue weighted by molar-refractivity contribution is 0.114. The van der Waals surface area contributed by atoms with Crippen LogP contribution in [0, 0.1) is 17.3 Å². The van der Waals surface area contributed by atoms with Crippen molar-refractivity contribution in [2.75, 3.05) is 13.6 Å². The Morgan fingerprint density at radius 1 is 1.38 bits per heavy atom. The maximum atomic E-state index is 5.60. The molecule has 2 heteroatoms. The van der Waals surface area contributed by atoms with Crippen molar-refractivity contribution in [1.82, 2.24) is 4.90 Å². The van der Waals surface area contributed by atoms with E-state index in [9.17, 15) is 0 Å². The molecule has 0 aliphatic carbocycles. The van der Waals surface area contributed by atoms with Gasteiger partial charge < -0.3 is 4.90 Å². The van der Waals surface area contributed by atoms with Crippen LogP contribution in [-0.4, -0.2) is 23.5 Å². The van der Waals surface area contributed by atoms with Gasteiger partial charge in [-0.15, -0.1) is 0 Å². The molecule has 0 bridgehead atoms. The smallest absolute Gasteiger partial charge is 0.0810 e. The van der Waals surface area contributed by atoms with E-state index < -0.39 is 0 Å². The lowest BCUT2D eigenvalue weighted by Crippen LogP contribution is -2.46. The maximum Gasteiger partial charge on any atom is 0.0810 e. The van der Waals surface area contributed by atoms with Crippen molar-refractivity contribution in [2.45, 2.75) is 53.4 Å². The first-order valence-corrected chi connectivity index (χ1v) is 7.09. The van der Waals surface area contributed by atoms with Gasteiger partial charge in [0.25, 0.3) is 0 Å². The maximum absolute atomic E-state index is 5.60. The molecule has 0 aromatic rings. The van der Waals surface area contributed by atoms with Crippen LogP contribution in [0.15, 0.2) is 0 Å². The molecule has 1 aliphatic heterocycles.